The summed E-state index contributed by atoms with van der Waals surface area (Å²) in [5, 5.41) is 6.58. The van der Waals surface area contributed by atoms with Gasteiger partial charge in [-0.1, -0.05) is 23.2 Å². The Labute approximate surface area is 169 Å². The maximum atomic E-state index is 11.9. The van der Waals surface area contributed by atoms with Crippen molar-refractivity contribution in [2.24, 2.45) is 0 Å². The van der Waals surface area contributed by atoms with Gasteiger partial charge >= 0.3 is 0 Å². The molecular weight excluding hydrogens is 482 g/mol. The van der Waals surface area contributed by atoms with Crippen LogP contribution < -0.4 is 15.4 Å². The molecule has 0 atom stereocenters. The van der Waals surface area contributed by atoms with Gasteiger partial charge in [0.1, 0.15) is 5.75 Å². The molecule has 0 heterocycles. The van der Waals surface area contributed by atoms with E-state index in [-0.39, 0.29) is 17.6 Å². The zero-order valence-corrected chi connectivity index (χ0v) is 17.0. The van der Waals surface area contributed by atoms with Gasteiger partial charge in [0.2, 0.25) is 0 Å². The molecule has 1 amide bonds. The van der Waals surface area contributed by atoms with Gasteiger partial charge in [-0.05, 0) is 83.7 Å². The van der Waals surface area contributed by atoms with Gasteiger partial charge in [0.05, 0.1) is 5.02 Å². The fourth-order valence-corrected chi connectivity index (χ4v) is 3.15. The van der Waals surface area contributed by atoms with E-state index in [1.165, 1.54) is 0 Å². The second-order valence-electron chi connectivity index (χ2n) is 4.82. The molecule has 2 N–H and O–H groups in total. The minimum atomic E-state index is -0.387. The van der Waals surface area contributed by atoms with Crippen LogP contribution in [0.1, 0.15) is 5.56 Å². The SMILES string of the molecule is Cc1cc(I)ccc1NC(=S)NC(=O)COc1ccc(Cl)cc1Cl. The van der Waals surface area contributed by atoms with Crippen LogP contribution >= 0.6 is 58.0 Å². The number of anilines is 1. The van der Waals surface area contributed by atoms with Crippen LogP contribution in [0, 0.1) is 10.5 Å². The van der Waals surface area contributed by atoms with E-state index in [2.05, 4.69) is 33.2 Å². The van der Waals surface area contributed by atoms with E-state index in [1.807, 2.05) is 25.1 Å². The number of aryl methyl sites for hydroxylation is 1. The zero-order valence-electron chi connectivity index (χ0n) is 12.5. The third kappa shape index (κ3) is 5.77. The van der Waals surface area contributed by atoms with Crippen LogP contribution in [0.2, 0.25) is 10.0 Å². The summed E-state index contributed by atoms with van der Waals surface area (Å²) in [4.78, 5) is 11.9. The first kappa shape index (κ1) is 19.2. The minimum Gasteiger partial charge on any atom is -0.482 e. The van der Waals surface area contributed by atoms with E-state index in [4.69, 9.17) is 40.2 Å². The quantitative estimate of drug-likeness (QED) is 0.473. The number of rotatable bonds is 4. The number of hydrogen-bond acceptors (Lipinski definition) is 3. The number of carbonyl (C=O) groups is 1. The average molecular weight is 495 g/mol. The Balaban J connectivity index is 1.86. The highest BCUT2D eigenvalue weighted by Gasteiger charge is 2.09. The minimum absolute atomic E-state index is 0.204. The molecule has 0 aliphatic heterocycles. The zero-order chi connectivity index (χ0) is 17.7. The Morgan fingerprint density at radius 2 is 2.00 bits per heavy atom. The smallest absolute Gasteiger partial charge is 0.264 e. The van der Waals surface area contributed by atoms with Gasteiger partial charge in [0.25, 0.3) is 5.91 Å². The van der Waals surface area contributed by atoms with Crippen LogP contribution in [-0.4, -0.2) is 17.6 Å². The second-order valence-corrected chi connectivity index (χ2v) is 7.32. The summed E-state index contributed by atoms with van der Waals surface area (Å²) in [6, 6.07) is 10.6. The molecule has 24 heavy (non-hydrogen) atoms. The summed E-state index contributed by atoms with van der Waals surface area (Å²) < 4.78 is 6.48. The molecule has 0 aromatic heterocycles. The van der Waals surface area contributed by atoms with Crippen LogP contribution in [0.25, 0.3) is 0 Å². The number of ether oxygens (including phenoxy) is 1. The van der Waals surface area contributed by atoms with E-state index in [1.54, 1.807) is 18.2 Å². The Kier molecular flexibility index (Phi) is 7.09. The van der Waals surface area contributed by atoms with Crippen molar-refractivity contribution in [1.29, 1.82) is 0 Å². The van der Waals surface area contributed by atoms with E-state index in [0.717, 1.165) is 14.8 Å². The van der Waals surface area contributed by atoms with Crippen molar-refractivity contribution in [2.45, 2.75) is 6.92 Å². The standard InChI is InChI=1S/C16H13Cl2IN2O2S/c1-9-6-11(19)3-4-13(9)20-16(24)21-15(22)8-23-14-5-2-10(17)7-12(14)18/h2-7H,8H2,1H3,(H2,20,21,22,24). The van der Waals surface area contributed by atoms with Gasteiger partial charge in [-0.25, -0.2) is 0 Å². The molecule has 0 unspecified atom stereocenters. The summed E-state index contributed by atoms with van der Waals surface area (Å²) in [5.74, 6) is -0.00902. The van der Waals surface area contributed by atoms with Crippen molar-refractivity contribution in [1.82, 2.24) is 5.32 Å². The van der Waals surface area contributed by atoms with Crippen molar-refractivity contribution in [3.63, 3.8) is 0 Å². The number of benzene rings is 2. The molecule has 126 valence electrons. The van der Waals surface area contributed by atoms with Gasteiger partial charge in [-0.15, -0.1) is 0 Å². The van der Waals surface area contributed by atoms with E-state index in [0.29, 0.717) is 15.8 Å². The fraction of sp³-hybridized carbons (Fsp3) is 0.125. The molecule has 0 fully saturated rings. The van der Waals surface area contributed by atoms with E-state index >= 15 is 0 Å². The average Bonchev–Trinajstić information content (AvgIpc) is 2.49. The van der Waals surface area contributed by atoms with Crippen molar-refractivity contribution in [2.75, 3.05) is 11.9 Å². The molecule has 2 aromatic carbocycles. The summed E-state index contributed by atoms with van der Waals surface area (Å²) in [6.45, 7) is 1.75. The number of carbonyl (C=O) groups excluding carboxylic acids is 1. The number of nitrogens with one attached hydrogen (secondary N) is 2. The largest absolute Gasteiger partial charge is 0.482 e. The Morgan fingerprint density at radius 1 is 1.25 bits per heavy atom. The topological polar surface area (TPSA) is 50.4 Å². The van der Waals surface area contributed by atoms with Crippen molar-refractivity contribution in [3.8, 4) is 5.75 Å². The lowest BCUT2D eigenvalue weighted by Crippen LogP contribution is -2.37. The second kappa shape index (κ2) is 8.84. The molecule has 4 nitrogen and oxygen atoms in total. The molecule has 0 aliphatic rings. The fourth-order valence-electron chi connectivity index (χ4n) is 1.82. The van der Waals surface area contributed by atoms with Gasteiger partial charge in [-0.2, -0.15) is 0 Å². The monoisotopic (exact) mass is 494 g/mol. The molecule has 0 spiro atoms. The molecule has 0 saturated carbocycles. The van der Waals surface area contributed by atoms with Crippen LogP contribution in [0.15, 0.2) is 36.4 Å². The Morgan fingerprint density at radius 3 is 2.67 bits per heavy atom. The lowest BCUT2D eigenvalue weighted by Gasteiger charge is -2.12. The molecule has 0 bridgehead atoms. The van der Waals surface area contributed by atoms with E-state index in [9.17, 15) is 4.79 Å². The molecular formula is C16H13Cl2IN2O2S. The molecule has 8 heteroatoms. The molecule has 0 aliphatic carbocycles. The summed E-state index contributed by atoms with van der Waals surface area (Å²) in [5.41, 5.74) is 1.87. The Bertz CT molecular complexity index is 787. The maximum absolute atomic E-state index is 11.9. The molecule has 0 radical (unpaired) electrons. The maximum Gasteiger partial charge on any atom is 0.264 e. The number of thiocarbonyl (C=S) groups is 1. The highest BCUT2D eigenvalue weighted by atomic mass is 127. The first-order valence-electron chi connectivity index (χ1n) is 6.80. The van der Waals surface area contributed by atoms with Crippen LogP contribution in [0.3, 0.4) is 0 Å². The highest BCUT2D eigenvalue weighted by molar-refractivity contribution is 14.1. The summed E-state index contributed by atoms with van der Waals surface area (Å²) in [7, 11) is 0. The third-order valence-corrected chi connectivity index (χ3v) is 4.35. The highest BCUT2D eigenvalue weighted by Crippen LogP contribution is 2.27. The van der Waals surface area contributed by atoms with Gasteiger partial charge in [-0.3, -0.25) is 10.1 Å². The predicted octanol–water partition coefficient (Wildman–Crippen LogP) is 4.80. The van der Waals surface area contributed by atoms with Crippen molar-refractivity contribution >= 4 is 74.7 Å². The van der Waals surface area contributed by atoms with Crippen LogP contribution in [0.5, 0.6) is 5.75 Å². The number of amides is 1. The third-order valence-electron chi connectivity index (χ3n) is 2.94. The number of halogens is 3. The lowest BCUT2D eigenvalue weighted by molar-refractivity contribution is -0.121. The molecule has 2 aromatic rings. The van der Waals surface area contributed by atoms with Crippen molar-refractivity contribution in [3.05, 3.63) is 55.6 Å². The van der Waals surface area contributed by atoms with Gasteiger partial charge in [0, 0.05) is 14.3 Å². The van der Waals surface area contributed by atoms with Crippen LogP contribution in [-0.2, 0) is 4.79 Å². The summed E-state index contributed by atoms with van der Waals surface area (Å²) >= 11 is 19.1. The van der Waals surface area contributed by atoms with Gasteiger partial charge in [0.15, 0.2) is 11.7 Å². The summed E-state index contributed by atoms with van der Waals surface area (Å²) in [6.07, 6.45) is 0. The van der Waals surface area contributed by atoms with Gasteiger partial charge < -0.3 is 10.1 Å². The molecule has 0 saturated heterocycles. The van der Waals surface area contributed by atoms with E-state index < -0.39 is 0 Å². The normalized spacial score (nSPS) is 10.2. The number of hydrogen-bond donors (Lipinski definition) is 2. The van der Waals surface area contributed by atoms with Crippen molar-refractivity contribution < 1.29 is 9.53 Å². The van der Waals surface area contributed by atoms with Crippen LogP contribution in [0.4, 0.5) is 5.69 Å². The first-order valence-corrected chi connectivity index (χ1v) is 9.04. The lowest BCUT2D eigenvalue weighted by atomic mass is 10.2. The Hall–Kier alpha value is -1.09. The molecule has 2 rings (SSSR count). The first-order chi connectivity index (χ1) is 11.3. The predicted molar refractivity (Wildman–Crippen MR) is 110 cm³/mol.